The Bertz CT molecular complexity index is 681. The Morgan fingerprint density at radius 3 is 2.67 bits per heavy atom. The molecule has 2 aromatic rings. The molecule has 4 rings (SSSR count). The van der Waals surface area contributed by atoms with Crippen LogP contribution in [-0.4, -0.2) is 37.2 Å². The molecular formula is C19H22N2O2S. The minimum Gasteiger partial charge on any atom is -0.373 e. The zero-order valence-electron chi connectivity index (χ0n) is 13.6. The van der Waals surface area contributed by atoms with Crippen LogP contribution in [-0.2, 0) is 4.74 Å². The van der Waals surface area contributed by atoms with Crippen molar-refractivity contribution in [3.05, 3.63) is 52.7 Å². The van der Waals surface area contributed by atoms with Gasteiger partial charge in [-0.25, -0.2) is 0 Å². The fourth-order valence-electron chi connectivity index (χ4n) is 3.82. The third-order valence-electron chi connectivity index (χ3n) is 5.05. The Labute approximate surface area is 146 Å². The second-order valence-corrected chi connectivity index (χ2v) is 7.54. The van der Waals surface area contributed by atoms with E-state index in [0.717, 1.165) is 42.9 Å². The molecule has 2 aliphatic rings. The fraction of sp³-hybridized carbons (Fsp3) is 0.421. The van der Waals surface area contributed by atoms with Crippen LogP contribution in [0.2, 0.25) is 0 Å². The van der Waals surface area contributed by atoms with Gasteiger partial charge in [0.05, 0.1) is 23.1 Å². The van der Waals surface area contributed by atoms with Gasteiger partial charge in [-0.2, -0.15) is 0 Å². The average molecular weight is 342 g/mol. The molecule has 2 fully saturated rings. The van der Waals surface area contributed by atoms with Crippen LogP contribution in [0.4, 0.5) is 5.69 Å². The van der Waals surface area contributed by atoms with E-state index in [4.69, 9.17) is 4.74 Å². The molecule has 1 atom stereocenters. The summed E-state index contributed by atoms with van der Waals surface area (Å²) in [4.78, 5) is 15.9. The second kappa shape index (κ2) is 6.67. The number of benzene rings is 1. The van der Waals surface area contributed by atoms with Crippen molar-refractivity contribution in [3.8, 4) is 0 Å². The van der Waals surface area contributed by atoms with Gasteiger partial charge in [0, 0.05) is 5.69 Å². The number of hydrogen-bond donors (Lipinski definition) is 1. The van der Waals surface area contributed by atoms with Crippen LogP contribution < -0.4 is 10.2 Å². The largest absolute Gasteiger partial charge is 0.373 e. The van der Waals surface area contributed by atoms with Crippen molar-refractivity contribution in [2.45, 2.75) is 30.9 Å². The Kier molecular flexibility index (Phi) is 4.39. The van der Waals surface area contributed by atoms with Crippen molar-refractivity contribution >= 4 is 22.9 Å². The first-order valence-electron chi connectivity index (χ1n) is 8.54. The quantitative estimate of drug-likeness (QED) is 0.930. The summed E-state index contributed by atoms with van der Waals surface area (Å²) in [7, 11) is 0. The van der Waals surface area contributed by atoms with Crippen LogP contribution >= 0.6 is 11.3 Å². The summed E-state index contributed by atoms with van der Waals surface area (Å²) in [6.07, 6.45) is 2.97. The maximum Gasteiger partial charge on any atom is 0.268 e. The Balaban J connectivity index is 1.62. The molecular weight excluding hydrogens is 320 g/mol. The molecule has 1 aromatic heterocycles. The number of para-hydroxylation sites is 1. The van der Waals surface area contributed by atoms with Gasteiger partial charge >= 0.3 is 0 Å². The summed E-state index contributed by atoms with van der Waals surface area (Å²) in [5, 5.41) is 5.35. The minimum atomic E-state index is -0.0569. The molecule has 1 amide bonds. The monoisotopic (exact) mass is 342 g/mol. The van der Waals surface area contributed by atoms with Crippen molar-refractivity contribution in [3.63, 3.8) is 0 Å². The molecule has 1 N–H and O–H groups in total. The topological polar surface area (TPSA) is 41.6 Å². The number of carbonyl (C=O) groups is 1. The average Bonchev–Trinajstić information content (AvgIpc) is 3.28. The second-order valence-electron chi connectivity index (χ2n) is 6.59. The van der Waals surface area contributed by atoms with Gasteiger partial charge < -0.3 is 15.0 Å². The number of rotatable bonds is 3. The van der Waals surface area contributed by atoms with Crippen molar-refractivity contribution in [2.24, 2.45) is 0 Å². The number of thiophene rings is 1. The van der Waals surface area contributed by atoms with Crippen LogP contribution in [0.5, 0.6) is 0 Å². The minimum absolute atomic E-state index is 0.0569. The highest BCUT2D eigenvalue weighted by atomic mass is 32.1. The number of carbonyl (C=O) groups excluding carboxylic acids is 1. The summed E-state index contributed by atoms with van der Waals surface area (Å²) < 4.78 is 6.23. The van der Waals surface area contributed by atoms with Gasteiger partial charge in [-0.05, 0) is 55.9 Å². The summed E-state index contributed by atoms with van der Waals surface area (Å²) >= 11 is 1.50. The molecule has 1 unspecified atom stereocenters. The van der Waals surface area contributed by atoms with Crippen LogP contribution in [0.3, 0.4) is 0 Å². The molecule has 4 nitrogen and oxygen atoms in total. The Morgan fingerprint density at radius 2 is 1.96 bits per heavy atom. The van der Waals surface area contributed by atoms with Gasteiger partial charge in [0.25, 0.3) is 5.91 Å². The Morgan fingerprint density at radius 1 is 1.17 bits per heavy atom. The molecule has 3 heterocycles. The molecule has 1 aromatic carbocycles. The number of ether oxygens (including phenoxy) is 1. The molecule has 1 spiro atoms. The van der Waals surface area contributed by atoms with Crippen LogP contribution in [0.15, 0.2) is 47.8 Å². The normalized spacial score (nSPS) is 22.6. The SMILES string of the molecule is O=C(c1cccs1)N(c1ccccc1)C1COC2(CCNCC2)C1. The van der Waals surface area contributed by atoms with Crippen LogP contribution in [0.25, 0.3) is 0 Å². The van der Waals surface area contributed by atoms with E-state index >= 15 is 0 Å². The van der Waals surface area contributed by atoms with E-state index in [-0.39, 0.29) is 17.6 Å². The van der Waals surface area contributed by atoms with Gasteiger partial charge in [0.1, 0.15) is 0 Å². The lowest BCUT2D eigenvalue weighted by Gasteiger charge is -2.34. The zero-order valence-corrected chi connectivity index (χ0v) is 14.4. The highest BCUT2D eigenvalue weighted by Gasteiger charge is 2.44. The highest BCUT2D eigenvalue weighted by Crippen LogP contribution is 2.38. The van der Waals surface area contributed by atoms with E-state index in [2.05, 4.69) is 5.32 Å². The van der Waals surface area contributed by atoms with Gasteiger partial charge in [0.2, 0.25) is 0 Å². The molecule has 0 bridgehead atoms. The molecule has 0 radical (unpaired) electrons. The predicted molar refractivity (Wildman–Crippen MR) is 96.8 cm³/mol. The molecule has 5 heteroatoms. The summed E-state index contributed by atoms with van der Waals surface area (Å²) in [6.45, 7) is 2.61. The standard InChI is InChI=1S/C19H22N2O2S/c22-18(17-7-4-12-24-17)21(15-5-2-1-3-6-15)16-13-19(23-14-16)8-10-20-11-9-19/h1-7,12,16,20H,8-11,13-14H2. The molecule has 2 saturated heterocycles. The van der Waals surface area contributed by atoms with Gasteiger partial charge in [-0.1, -0.05) is 24.3 Å². The third-order valence-corrected chi connectivity index (χ3v) is 5.91. The molecule has 0 saturated carbocycles. The van der Waals surface area contributed by atoms with E-state index in [9.17, 15) is 4.79 Å². The number of anilines is 1. The van der Waals surface area contributed by atoms with E-state index < -0.39 is 0 Å². The van der Waals surface area contributed by atoms with E-state index in [0.29, 0.717) is 6.61 Å². The van der Waals surface area contributed by atoms with Crippen molar-refractivity contribution in [1.82, 2.24) is 5.32 Å². The molecule has 126 valence electrons. The number of nitrogens with one attached hydrogen (secondary N) is 1. The van der Waals surface area contributed by atoms with Gasteiger partial charge in [-0.15, -0.1) is 11.3 Å². The van der Waals surface area contributed by atoms with Crippen LogP contribution in [0, 0.1) is 0 Å². The first-order chi connectivity index (χ1) is 11.8. The van der Waals surface area contributed by atoms with E-state index in [1.54, 1.807) is 0 Å². The number of amides is 1. The summed E-state index contributed by atoms with van der Waals surface area (Å²) in [5.41, 5.74) is 0.897. The molecule has 2 aliphatic heterocycles. The number of hydrogen-bond acceptors (Lipinski definition) is 4. The predicted octanol–water partition coefficient (Wildman–Crippen LogP) is 3.31. The summed E-state index contributed by atoms with van der Waals surface area (Å²) in [5.74, 6) is 0.0794. The van der Waals surface area contributed by atoms with Crippen molar-refractivity contribution in [2.75, 3.05) is 24.6 Å². The maximum atomic E-state index is 13.1. The number of piperidine rings is 1. The lowest BCUT2D eigenvalue weighted by Crippen LogP contribution is -2.44. The Hall–Kier alpha value is -1.69. The van der Waals surface area contributed by atoms with E-state index in [1.165, 1.54) is 11.3 Å². The fourth-order valence-corrected chi connectivity index (χ4v) is 4.48. The lowest BCUT2D eigenvalue weighted by atomic mass is 9.88. The first-order valence-corrected chi connectivity index (χ1v) is 9.42. The van der Waals surface area contributed by atoms with Gasteiger partial charge in [-0.3, -0.25) is 4.79 Å². The smallest absolute Gasteiger partial charge is 0.268 e. The highest BCUT2D eigenvalue weighted by molar-refractivity contribution is 7.12. The van der Waals surface area contributed by atoms with Gasteiger partial charge in [0.15, 0.2) is 0 Å². The molecule has 24 heavy (non-hydrogen) atoms. The number of nitrogens with zero attached hydrogens (tertiary/aromatic N) is 1. The zero-order chi connectivity index (χ0) is 16.4. The van der Waals surface area contributed by atoms with E-state index in [1.807, 2.05) is 52.7 Å². The van der Waals surface area contributed by atoms with Crippen molar-refractivity contribution in [1.29, 1.82) is 0 Å². The maximum absolute atomic E-state index is 13.1. The van der Waals surface area contributed by atoms with Crippen molar-refractivity contribution < 1.29 is 9.53 Å². The van der Waals surface area contributed by atoms with Crippen LogP contribution in [0.1, 0.15) is 28.9 Å². The first kappa shape index (κ1) is 15.8. The lowest BCUT2D eigenvalue weighted by molar-refractivity contribution is -0.0193. The summed E-state index contributed by atoms with van der Waals surface area (Å²) in [6, 6.07) is 13.9. The molecule has 0 aliphatic carbocycles. The third kappa shape index (κ3) is 2.99.